The van der Waals surface area contributed by atoms with Crippen LogP contribution in [0.25, 0.3) is 0 Å². The fraction of sp³-hybridized carbons (Fsp3) is 0.348. The first-order valence-electron chi connectivity index (χ1n) is 9.92. The molecule has 1 saturated carbocycles. The summed E-state index contributed by atoms with van der Waals surface area (Å²) in [7, 11) is 0. The van der Waals surface area contributed by atoms with Gasteiger partial charge in [0.1, 0.15) is 0 Å². The Morgan fingerprint density at radius 2 is 1.41 bits per heavy atom. The molecule has 0 radical (unpaired) electrons. The molecule has 2 aromatic carbocycles. The first-order chi connectivity index (χ1) is 13.9. The maximum atomic E-state index is 12.9. The van der Waals surface area contributed by atoms with Gasteiger partial charge in [0.25, 0.3) is 5.91 Å². The molecule has 1 aliphatic rings. The molecule has 29 heavy (non-hydrogen) atoms. The van der Waals surface area contributed by atoms with Crippen LogP contribution in [0.2, 0.25) is 0 Å². The zero-order valence-corrected chi connectivity index (χ0v) is 16.9. The summed E-state index contributed by atoms with van der Waals surface area (Å²) in [6.45, 7) is 3.35. The quantitative estimate of drug-likeness (QED) is 0.697. The number of carbonyl (C=O) groups excluding carboxylic acids is 3. The molecule has 0 aliphatic heterocycles. The van der Waals surface area contributed by atoms with Crippen molar-refractivity contribution in [3.05, 3.63) is 59.7 Å². The number of hydrogen-bond acceptors (Lipinski definition) is 3. The molecule has 0 saturated heterocycles. The summed E-state index contributed by atoms with van der Waals surface area (Å²) in [4.78, 5) is 35.8. The Labute approximate surface area is 171 Å². The summed E-state index contributed by atoms with van der Waals surface area (Å²) in [5.41, 5.74) is 2.53. The van der Waals surface area contributed by atoms with E-state index >= 15 is 0 Å². The molecule has 1 aliphatic carbocycles. The fourth-order valence-corrected chi connectivity index (χ4v) is 4.07. The van der Waals surface area contributed by atoms with Gasteiger partial charge in [0, 0.05) is 42.7 Å². The van der Waals surface area contributed by atoms with Crippen LogP contribution < -0.4 is 16.0 Å². The largest absolute Gasteiger partial charge is 0.351 e. The van der Waals surface area contributed by atoms with Crippen molar-refractivity contribution in [3.63, 3.8) is 0 Å². The number of anilines is 2. The molecule has 1 fully saturated rings. The minimum Gasteiger partial charge on any atom is -0.351 e. The van der Waals surface area contributed by atoms with E-state index < -0.39 is 0 Å². The van der Waals surface area contributed by atoms with Crippen molar-refractivity contribution in [2.45, 2.75) is 44.9 Å². The number of nitrogens with one attached hydrogen (secondary N) is 3. The van der Waals surface area contributed by atoms with Crippen molar-refractivity contribution in [1.82, 2.24) is 5.32 Å². The van der Waals surface area contributed by atoms with E-state index in [-0.39, 0.29) is 23.1 Å². The lowest BCUT2D eigenvalue weighted by atomic mass is 9.79. The predicted octanol–water partition coefficient (Wildman–Crippen LogP) is 3.85. The van der Waals surface area contributed by atoms with Crippen LogP contribution in [0.1, 0.15) is 55.5 Å². The van der Waals surface area contributed by atoms with E-state index in [4.69, 9.17) is 0 Å². The molecule has 0 spiro atoms. The first kappa shape index (κ1) is 20.6. The van der Waals surface area contributed by atoms with Crippen LogP contribution in [0.5, 0.6) is 0 Å². The summed E-state index contributed by atoms with van der Waals surface area (Å²) < 4.78 is 0. The molecule has 6 heteroatoms. The van der Waals surface area contributed by atoms with Gasteiger partial charge in [-0.3, -0.25) is 14.4 Å². The molecule has 0 bridgehead atoms. The molecule has 0 aromatic heterocycles. The van der Waals surface area contributed by atoms with Gasteiger partial charge in [-0.1, -0.05) is 43.2 Å². The second kappa shape index (κ2) is 8.90. The normalized spacial score (nSPS) is 14.8. The van der Waals surface area contributed by atoms with Gasteiger partial charge in [-0.15, -0.1) is 0 Å². The van der Waals surface area contributed by atoms with Gasteiger partial charge < -0.3 is 16.0 Å². The van der Waals surface area contributed by atoms with Crippen molar-refractivity contribution < 1.29 is 14.4 Å². The van der Waals surface area contributed by atoms with Gasteiger partial charge in [-0.25, -0.2) is 0 Å². The Kier molecular flexibility index (Phi) is 6.32. The van der Waals surface area contributed by atoms with Crippen molar-refractivity contribution in [2.75, 3.05) is 17.2 Å². The van der Waals surface area contributed by atoms with Crippen LogP contribution in [0.4, 0.5) is 11.4 Å². The molecule has 3 N–H and O–H groups in total. The van der Waals surface area contributed by atoms with Gasteiger partial charge in [0.2, 0.25) is 11.8 Å². The highest BCUT2D eigenvalue weighted by Crippen LogP contribution is 2.40. The van der Waals surface area contributed by atoms with E-state index in [1.54, 1.807) is 18.2 Å². The molecular weight excluding hydrogens is 366 g/mol. The Hall–Kier alpha value is -3.15. The van der Waals surface area contributed by atoms with E-state index in [9.17, 15) is 14.4 Å². The molecule has 6 nitrogen and oxygen atoms in total. The molecule has 2 aromatic rings. The van der Waals surface area contributed by atoms with Crippen molar-refractivity contribution >= 4 is 29.1 Å². The predicted molar refractivity (Wildman–Crippen MR) is 114 cm³/mol. The summed E-state index contributed by atoms with van der Waals surface area (Å²) in [6.07, 6.45) is 4.38. The van der Waals surface area contributed by atoms with Gasteiger partial charge >= 0.3 is 0 Å². The fourth-order valence-electron chi connectivity index (χ4n) is 4.07. The van der Waals surface area contributed by atoms with E-state index in [0.29, 0.717) is 23.5 Å². The van der Waals surface area contributed by atoms with Crippen LogP contribution in [0.3, 0.4) is 0 Å². The second-order valence-electron chi connectivity index (χ2n) is 7.70. The summed E-state index contributed by atoms with van der Waals surface area (Å²) in [6, 6.07) is 15.2. The number of amides is 3. The van der Waals surface area contributed by atoms with Crippen LogP contribution >= 0.6 is 0 Å². The number of benzene rings is 2. The number of hydrogen-bond donors (Lipinski definition) is 3. The lowest BCUT2D eigenvalue weighted by Crippen LogP contribution is -2.39. The molecule has 0 heterocycles. The van der Waals surface area contributed by atoms with Gasteiger partial charge in [-0.05, 0) is 36.6 Å². The SMILES string of the molecule is CC(=O)Nc1cc(NC(C)=O)cc(C(=O)NCC2(c3ccccc3)CCCC2)c1. The average Bonchev–Trinajstić information content (AvgIpc) is 3.16. The highest BCUT2D eigenvalue weighted by atomic mass is 16.2. The molecular formula is C23H27N3O3. The maximum absolute atomic E-state index is 12.9. The van der Waals surface area contributed by atoms with Crippen molar-refractivity contribution in [3.8, 4) is 0 Å². The first-order valence-corrected chi connectivity index (χ1v) is 9.92. The zero-order chi connectivity index (χ0) is 20.9. The topological polar surface area (TPSA) is 87.3 Å². The van der Waals surface area contributed by atoms with Crippen LogP contribution in [-0.4, -0.2) is 24.3 Å². The smallest absolute Gasteiger partial charge is 0.251 e. The Morgan fingerprint density at radius 1 is 0.862 bits per heavy atom. The van der Waals surface area contributed by atoms with Gasteiger partial charge in [0.05, 0.1) is 0 Å². The standard InChI is InChI=1S/C23H27N3O3/c1-16(27)25-20-12-18(13-21(14-20)26-17(2)28)22(29)24-15-23(10-6-7-11-23)19-8-4-3-5-9-19/h3-5,8-9,12-14H,6-7,10-11,15H2,1-2H3,(H,24,29)(H,25,27)(H,26,28). The van der Waals surface area contributed by atoms with E-state index in [0.717, 1.165) is 25.7 Å². The van der Waals surface area contributed by atoms with E-state index in [2.05, 4.69) is 28.1 Å². The molecule has 3 rings (SSSR count). The highest BCUT2D eigenvalue weighted by molar-refractivity contribution is 6.00. The molecule has 3 amide bonds. The van der Waals surface area contributed by atoms with Crippen LogP contribution in [0, 0.1) is 0 Å². The Morgan fingerprint density at radius 3 is 1.93 bits per heavy atom. The lowest BCUT2D eigenvalue weighted by Gasteiger charge is -2.30. The third-order valence-electron chi connectivity index (χ3n) is 5.37. The molecule has 0 atom stereocenters. The van der Waals surface area contributed by atoms with Crippen LogP contribution in [0.15, 0.2) is 48.5 Å². The zero-order valence-electron chi connectivity index (χ0n) is 16.9. The monoisotopic (exact) mass is 393 g/mol. The Balaban J connectivity index is 1.80. The average molecular weight is 393 g/mol. The number of carbonyl (C=O) groups is 3. The molecule has 152 valence electrons. The lowest BCUT2D eigenvalue weighted by molar-refractivity contribution is -0.115. The third kappa shape index (κ3) is 5.22. The Bertz CT molecular complexity index is 869. The molecule has 0 unspecified atom stereocenters. The van der Waals surface area contributed by atoms with Crippen molar-refractivity contribution in [2.24, 2.45) is 0 Å². The van der Waals surface area contributed by atoms with Gasteiger partial charge in [0.15, 0.2) is 0 Å². The minimum absolute atomic E-state index is 0.0490. The third-order valence-corrected chi connectivity index (χ3v) is 5.37. The van der Waals surface area contributed by atoms with E-state index in [1.807, 2.05) is 18.2 Å². The summed E-state index contributed by atoms with van der Waals surface area (Å²) in [5.74, 6) is -0.721. The van der Waals surface area contributed by atoms with Crippen molar-refractivity contribution in [1.29, 1.82) is 0 Å². The maximum Gasteiger partial charge on any atom is 0.251 e. The second-order valence-corrected chi connectivity index (χ2v) is 7.70. The highest BCUT2D eigenvalue weighted by Gasteiger charge is 2.35. The summed E-state index contributed by atoms with van der Waals surface area (Å²) >= 11 is 0. The minimum atomic E-state index is -0.245. The van der Waals surface area contributed by atoms with E-state index in [1.165, 1.54) is 19.4 Å². The van der Waals surface area contributed by atoms with Crippen LogP contribution in [-0.2, 0) is 15.0 Å². The van der Waals surface area contributed by atoms with Gasteiger partial charge in [-0.2, -0.15) is 0 Å². The summed E-state index contributed by atoms with van der Waals surface area (Å²) in [5, 5.41) is 8.42. The number of rotatable bonds is 6.